The van der Waals surface area contributed by atoms with Gasteiger partial charge in [0.25, 0.3) is 0 Å². The number of rotatable bonds is 6. The lowest BCUT2D eigenvalue weighted by Gasteiger charge is -2.44. The number of thiol groups is 1. The summed E-state index contributed by atoms with van der Waals surface area (Å²) in [4.78, 5) is 9.23. The zero-order valence-corrected chi connectivity index (χ0v) is 15.1. The fraction of sp³-hybridized carbons (Fsp3) is 0.706. The van der Waals surface area contributed by atoms with E-state index >= 15 is 0 Å². The molecule has 0 saturated carbocycles. The molecule has 4 nitrogen and oxygen atoms in total. The Labute approximate surface area is 140 Å². The van der Waals surface area contributed by atoms with Gasteiger partial charge in [0.2, 0.25) is 0 Å². The van der Waals surface area contributed by atoms with Crippen LogP contribution in [0.4, 0.5) is 5.69 Å². The predicted molar refractivity (Wildman–Crippen MR) is 96.2 cm³/mol. The minimum absolute atomic E-state index is 0.0845. The number of hydrogen-bond donors (Lipinski definition) is 1. The third kappa shape index (κ3) is 4.15. The van der Waals surface area contributed by atoms with Gasteiger partial charge < -0.3 is 14.5 Å². The molecule has 0 spiro atoms. The van der Waals surface area contributed by atoms with E-state index in [-0.39, 0.29) is 5.60 Å². The normalized spacial score (nSPS) is 23.8. The van der Waals surface area contributed by atoms with Crippen LogP contribution >= 0.6 is 12.6 Å². The largest absolute Gasteiger partial charge is 0.375 e. The van der Waals surface area contributed by atoms with Gasteiger partial charge in [-0.1, -0.05) is 6.92 Å². The van der Waals surface area contributed by atoms with Crippen LogP contribution in [0.1, 0.15) is 31.4 Å². The summed E-state index contributed by atoms with van der Waals surface area (Å²) in [5, 5.41) is 0. The van der Waals surface area contributed by atoms with E-state index in [1.54, 1.807) is 0 Å². The van der Waals surface area contributed by atoms with E-state index in [0.717, 1.165) is 43.9 Å². The summed E-state index contributed by atoms with van der Waals surface area (Å²) >= 11 is 4.35. The van der Waals surface area contributed by atoms with Gasteiger partial charge in [-0.15, -0.1) is 0 Å². The van der Waals surface area contributed by atoms with Crippen molar-refractivity contribution in [2.24, 2.45) is 0 Å². The van der Waals surface area contributed by atoms with Crippen molar-refractivity contribution in [2.75, 3.05) is 51.5 Å². The summed E-state index contributed by atoms with van der Waals surface area (Å²) < 4.78 is 5.91. The van der Waals surface area contributed by atoms with E-state index in [0.29, 0.717) is 5.92 Å². The number of ether oxygens (including phenoxy) is 1. The molecule has 124 valence electrons. The van der Waals surface area contributed by atoms with Gasteiger partial charge >= 0.3 is 0 Å². The number of methoxy groups -OCH3 is 1. The lowest BCUT2D eigenvalue weighted by atomic mass is 9.91. The van der Waals surface area contributed by atoms with Crippen molar-refractivity contribution in [1.82, 2.24) is 9.88 Å². The second-order valence-corrected chi connectivity index (χ2v) is 7.04. The first-order chi connectivity index (χ1) is 10.5. The fourth-order valence-corrected chi connectivity index (χ4v) is 3.41. The Bertz CT molecular complexity index is 465. The van der Waals surface area contributed by atoms with E-state index in [1.165, 1.54) is 5.69 Å². The molecular formula is C17H29N3OS. The van der Waals surface area contributed by atoms with Gasteiger partial charge in [-0.25, -0.2) is 0 Å². The molecule has 0 radical (unpaired) electrons. The molecule has 1 aromatic rings. The number of aromatic nitrogens is 1. The van der Waals surface area contributed by atoms with Crippen LogP contribution in [-0.4, -0.2) is 62.1 Å². The van der Waals surface area contributed by atoms with Crippen molar-refractivity contribution >= 4 is 18.3 Å². The molecule has 2 unspecified atom stereocenters. The molecule has 1 fully saturated rings. The topological polar surface area (TPSA) is 28.6 Å². The molecule has 1 aliphatic heterocycles. The number of anilines is 1. The number of hydrogen-bond acceptors (Lipinski definition) is 5. The molecule has 1 saturated heterocycles. The van der Waals surface area contributed by atoms with Gasteiger partial charge in [0, 0.05) is 38.4 Å². The maximum Gasteiger partial charge on any atom is 0.0979 e. The van der Waals surface area contributed by atoms with Crippen LogP contribution in [0.2, 0.25) is 0 Å². The fourth-order valence-electron chi connectivity index (χ4n) is 3.22. The molecule has 0 aliphatic carbocycles. The molecule has 0 aromatic carbocycles. The average Bonchev–Trinajstić information content (AvgIpc) is 2.54. The Morgan fingerprint density at radius 2 is 2.23 bits per heavy atom. The van der Waals surface area contributed by atoms with Gasteiger partial charge in [-0.05, 0) is 44.8 Å². The standard InChI is InChI=1S/C17H29N3OS/c1-14(11-22)16-7-6-15(10-18-16)20-9-5-8-17(13-20,21-4)12-19(2)3/h6-7,10,14,22H,5,8-9,11-13H2,1-4H3. The van der Waals surface area contributed by atoms with E-state index in [2.05, 4.69) is 60.6 Å². The molecular weight excluding hydrogens is 294 g/mol. The monoisotopic (exact) mass is 323 g/mol. The number of likely N-dealkylation sites (N-methyl/N-ethyl adjacent to an activating group) is 1. The molecule has 2 rings (SSSR count). The van der Waals surface area contributed by atoms with Gasteiger partial charge in [-0.2, -0.15) is 12.6 Å². The van der Waals surface area contributed by atoms with Gasteiger partial charge in [0.1, 0.15) is 0 Å². The van der Waals surface area contributed by atoms with E-state index in [9.17, 15) is 0 Å². The average molecular weight is 324 g/mol. The first-order valence-corrected chi connectivity index (χ1v) is 8.64. The molecule has 2 atom stereocenters. The van der Waals surface area contributed by atoms with Gasteiger partial charge in [0.05, 0.1) is 17.5 Å². The van der Waals surface area contributed by atoms with Crippen LogP contribution in [0.5, 0.6) is 0 Å². The predicted octanol–water partition coefficient (Wildman–Crippen LogP) is 2.66. The van der Waals surface area contributed by atoms with Crippen LogP contribution in [0.15, 0.2) is 18.3 Å². The van der Waals surface area contributed by atoms with E-state index in [4.69, 9.17) is 4.74 Å². The zero-order valence-electron chi connectivity index (χ0n) is 14.2. The molecule has 5 heteroatoms. The molecule has 0 N–H and O–H groups in total. The third-order valence-corrected chi connectivity index (χ3v) is 5.04. The lowest BCUT2D eigenvalue weighted by Crippen LogP contribution is -2.54. The summed E-state index contributed by atoms with van der Waals surface area (Å²) in [6, 6.07) is 4.31. The number of nitrogens with zero attached hydrogens (tertiary/aromatic N) is 3. The number of pyridine rings is 1. The zero-order chi connectivity index (χ0) is 16.2. The SMILES string of the molecule is COC1(CN(C)C)CCCN(c2ccc(C(C)CS)nc2)C1. The maximum absolute atomic E-state index is 5.91. The van der Waals surface area contributed by atoms with Crippen LogP contribution in [0.25, 0.3) is 0 Å². The van der Waals surface area contributed by atoms with Gasteiger partial charge in [0.15, 0.2) is 0 Å². The summed E-state index contributed by atoms with van der Waals surface area (Å²) in [5.41, 5.74) is 2.22. The first-order valence-electron chi connectivity index (χ1n) is 8.01. The molecule has 1 aromatic heterocycles. The van der Waals surface area contributed by atoms with Crippen molar-refractivity contribution in [2.45, 2.75) is 31.3 Å². The summed E-state index contributed by atoms with van der Waals surface area (Å²) in [6.07, 6.45) is 4.26. The minimum Gasteiger partial charge on any atom is -0.375 e. The minimum atomic E-state index is -0.0845. The second kappa shape index (κ2) is 7.66. The summed E-state index contributed by atoms with van der Waals surface area (Å²) in [7, 11) is 6.05. The Kier molecular flexibility index (Phi) is 6.12. The second-order valence-electron chi connectivity index (χ2n) is 6.67. The Balaban J connectivity index is 2.11. The smallest absolute Gasteiger partial charge is 0.0979 e. The maximum atomic E-state index is 5.91. The molecule has 0 amide bonds. The highest BCUT2D eigenvalue weighted by atomic mass is 32.1. The highest BCUT2D eigenvalue weighted by Gasteiger charge is 2.36. The Hall–Kier alpha value is -0.780. The quantitative estimate of drug-likeness (QED) is 0.815. The highest BCUT2D eigenvalue weighted by molar-refractivity contribution is 7.80. The Morgan fingerprint density at radius 1 is 1.45 bits per heavy atom. The van der Waals surface area contributed by atoms with Crippen molar-refractivity contribution in [1.29, 1.82) is 0 Å². The van der Waals surface area contributed by atoms with E-state index < -0.39 is 0 Å². The van der Waals surface area contributed by atoms with Crippen molar-refractivity contribution in [3.8, 4) is 0 Å². The highest BCUT2D eigenvalue weighted by Crippen LogP contribution is 2.29. The van der Waals surface area contributed by atoms with Crippen molar-refractivity contribution < 1.29 is 4.74 Å². The first kappa shape index (κ1) is 17.6. The van der Waals surface area contributed by atoms with E-state index in [1.807, 2.05) is 13.3 Å². The molecule has 22 heavy (non-hydrogen) atoms. The van der Waals surface area contributed by atoms with Crippen molar-refractivity contribution in [3.63, 3.8) is 0 Å². The van der Waals surface area contributed by atoms with Crippen LogP contribution in [0, 0.1) is 0 Å². The van der Waals surface area contributed by atoms with Crippen molar-refractivity contribution in [3.05, 3.63) is 24.0 Å². The third-order valence-electron chi connectivity index (χ3n) is 4.49. The Morgan fingerprint density at radius 3 is 2.77 bits per heavy atom. The number of piperidine rings is 1. The van der Waals surface area contributed by atoms with Crippen LogP contribution in [0.3, 0.4) is 0 Å². The summed E-state index contributed by atoms with van der Waals surface area (Å²) in [5.74, 6) is 1.22. The molecule has 0 bridgehead atoms. The van der Waals surface area contributed by atoms with Crippen LogP contribution < -0.4 is 4.90 Å². The molecule has 2 heterocycles. The van der Waals surface area contributed by atoms with Gasteiger partial charge in [-0.3, -0.25) is 4.98 Å². The lowest BCUT2D eigenvalue weighted by molar-refractivity contribution is -0.0372. The molecule has 1 aliphatic rings. The van der Waals surface area contributed by atoms with Crippen LogP contribution in [-0.2, 0) is 4.74 Å². The summed E-state index contributed by atoms with van der Waals surface area (Å²) in [6.45, 7) is 5.09.